The summed E-state index contributed by atoms with van der Waals surface area (Å²) in [6.45, 7) is 12.1. The van der Waals surface area contributed by atoms with Crippen molar-refractivity contribution in [1.82, 2.24) is 4.67 Å². The highest BCUT2D eigenvalue weighted by atomic mass is 35.9. The molecule has 1 aliphatic rings. The van der Waals surface area contributed by atoms with Crippen LogP contribution in [0.5, 0.6) is 0 Å². The smallest absolute Gasteiger partial charge is 0.391 e. The van der Waals surface area contributed by atoms with E-state index in [9.17, 15) is 0 Å². The van der Waals surface area contributed by atoms with Crippen LogP contribution in [-0.4, -0.2) is 38.5 Å². The van der Waals surface area contributed by atoms with Crippen molar-refractivity contribution in [3.05, 3.63) is 11.1 Å². The Balaban J connectivity index is 0.000000621. The van der Waals surface area contributed by atoms with E-state index in [0.29, 0.717) is 12.1 Å². The van der Waals surface area contributed by atoms with E-state index in [1.54, 1.807) is 0 Å². The fourth-order valence-electron chi connectivity index (χ4n) is 2.64. The molecule has 0 aromatic rings. The third-order valence-corrected chi connectivity index (χ3v) is 8.07. The van der Waals surface area contributed by atoms with Crippen LogP contribution in [0.4, 0.5) is 0 Å². The van der Waals surface area contributed by atoms with E-state index >= 15 is 0 Å². The molecule has 0 amide bonds. The molecule has 1 nitrogen and oxygen atoms in total. The third-order valence-electron chi connectivity index (χ3n) is 3.16. The zero-order valence-corrected chi connectivity index (χ0v) is 18.8. The van der Waals surface area contributed by atoms with E-state index < -0.39 is 16.2 Å². The Kier molecular flexibility index (Phi) is 9.75. The number of hydrogen-bond donors (Lipinski definition) is 0. The van der Waals surface area contributed by atoms with Gasteiger partial charge in [0.1, 0.15) is 23.6 Å². The lowest BCUT2D eigenvalue weighted by Gasteiger charge is -2.34. The summed E-state index contributed by atoms with van der Waals surface area (Å²) < 4.78 is 2.55. The molecule has 1 heterocycles. The maximum absolute atomic E-state index is 6.91. The molecule has 0 N–H and O–H groups in total. The van der Waals surface area contributed by atoms with Gasteiger partial charge in [-0.1, -0.05) is 0 Å². The van der Waals surface area contributed by atoms with Crippen LogP contribution < -0.4 is 0 Å². The maximum Gasteiger partial charge on any atom is 0.564 e. The van der Waals surface area contributed by atoms with Gasteiger partial charge in [-0.3, -0.25) is 0 Å². The Morgan fingerprint density at radius 3 is 1.35 bits per heavy atom. The van der Waals surface area contributed by atoms with Gasteiger partial charge in [-0.15, -0.1) is 0 Å². The molecule has 0 aromatic carbocycles. The third kappa shape index (κ3) is 8.10. The van der Waals surface area contributed by atoms with E-state index in [4.69, 9.17) is 51.4 Å². The standard InChI is InChI=1S/C12H24ClNP.Al.4ClH/c1-9(2)14(10(3)4)15(13)7-11(5)12(6)8-15;;;;;/h9-10H,7-8H2,1-6H3;;4*1H/q+1;+3;;;;/p-4. The molecule has 0 spiro atoms. The van der Waals surface area contributed by atoms with Crippen molar-refractivity contribution in [1.29, 1.82) is 0 Å². The van der Waals surface area contributed by atoms with Crippen molar-refractivity contribution in [2.24, 2.45) is 0 Å². The fourth-order valence-corrected chi connectivity index (χ4v) is 8.85. The second kappa shape index (κ2) is 8.82. The molecule has 0 saturated heterocycles. The van der Waals surface area contributed by atoms with Crippen LogP contribution in [0.1, 0.15) is 41.5 Å². The van der Waals surface area contributed by atoms with Crippen LogP contribution in [0.2, 0.25) is 0 Å². The van der Waals surface area contributed by atoms with Gasteiger partial charge >= 0.3 is 9.39 Å². The molecule has 8 heteroatoms. The molecule has 0 aliphatic carbocycles. The minimum Gasteiger partial charge on any atom is -0.391 e. The average molecular weight is 418 g/mol. The van der Waals surface area contributed by atoms with E-state index in [1.807, 2.05) is 0 Å². The van der Waals surface area contributed by atoms with Gasteiger partial charge < -0.3 is 40.2 Å². The van der Waals surface area contributed by atoms with E-state index in [2.05, 4.69) is 46.2 Å². The molecule has 0 aromatic heterocycles. The Labute approximate surface area is 148 Å². The Morgan fingerprint density at radius 1 is 0.900 bits per heavy atom. The highest BCUT2D eigenvalue weighted by Crippen LogP contribution is 2.73. The van der Waals surface area contributed by atoms with Gasteiger partial charge in [0.2, 0.25) is 0 Å². The summed E-state index contributed by atoms with van der Waals surface area (Å²) in [4.78, 5) is 0. The fraction of sp³-hybridized carbons (Fsp3) is 0.833. The van der Waals surface area contributed by atoms with Gasteiger partial charge in [0.05, 0.1) is 0 Å². The Hall–Kier alpha value is 2.11. The van der Waals surface area contributed by atoms with E-state index in [0.717, 1.165) is 12.3 Å². The number of rotatable bonds is 3. The summed E-state index contributed by atoms with van der Waals surface area (Å²) in [5, 5.41) is 0. The maximum atomic E-state index is 6.91. The molecule has 0 atom stereocenters. The molecule has 1 rings (SSSR count). The monoisotopic (exact) mass is 415 g/mol. The predicted molar refractivity (Wildman–Crippen MR) is 102 cm³/mol. The highest BCUT2D eigenvalue weighted by Gasteiger charge is 2.50. The van der Waals surface area contributed by atoms with Gasteiger partial charge in [0.25, 0.3) is 0 Å². The number of nitrogens with zero attached hydrogens (tertiary/aromatic N) is 1. The summed E-state index contributed by atoms with van der Waals surface area (Å²) in [5.74, 6) is 0. The van der Waals surface area contributed by atoms with Crippen LogP contribution in [0.3, 0.4) is 0 Å². The molecule has 20 heavy (non-hydrogen) atoms. The van der Waals surface area contributed by atoms with Crippen molar-refractivity contribution in [2.75, 3.05) is 12.3 Å². The van der Waals surface area contributed by atoms with Crippen LogP contribution >= 0.6 is 58.2 Å². The lowest BCUT2D eigenvalue weighted by atomic mass is 10.2. The summed E-state index contributed by atoms with van der Waals surface area (Å²) in [6.07, 6.45) is 2.24. The topological polar surface area (TPSA) is 3.24 Å². The van der Waals surface area contributed by atoms with E-state index in [-0.39, 0.29) is 0 Å². The van der Waals surface area contributed by atoms with E-state index in [1.165, 1.54) is 11.1 Å². The zero-order valence-electron chi connectivity index (χ0n) is 12.9. The SMILES string of the molecule is CC1=C(C)C[P+](Cl)(N(C(C)C)C(C)C)C1.[Cl][Al-]([Cl])([Cl])[Cl]. The normalized spacial score (nSPS) is 18.9. The second-order valence-electron chi connectivity index (χ2n) is 5.76. The summed E-state index contributed by atoms with van der Waals surface area (Å²) >= 11 is 6.91. The van der Waals surface area contributed by atoms with Crippen LogP contribution in [-0.2, 0) is 0 Å². The number of allylic oxidation sites excluding steroid dienone is 2. The highest BCUT2D eigenvalue weighted by molar-refractivity contribution is 7.97. The van der Waals surface area contributed by atoms with Crippen LogP contribution in [0.15, 0.2) is 11.1 Å². The molecule has 120 valence electrons. The van der Waals surface area contributed by atoms with Gasteiger partial charge in [-0.2, -0.15) is 4.67 Å². The lowest BCUT2D eigenvalue weighted by molar-refractivity contribution is 0.321. The quantitative estimate of drug-likeness (QED) is 0.274. The van der Waals surface area contributed by atoms with Crippen molar-refractivity contribution < 1.29 is 0 Å². The first-order chi connectivity index (χ1) is 8.78. The molecular weight excluding hydrogens is 393 g/mol. The summed E-state index contributed by atoms with van der Waals surface area (Å²) in [6, 6.07) is 1.10. The summed E-state index contributed by atoms with van der Waals surface area (Å²) in [7, 11) is 17.0. The van der Waals surface area contributed by atoms with Crippen molar-refractivity contribution in [3.8, 4) is 0 Å². The average Bonchev–Trinajstić information content (AvgIpc) is 2.35. The molecule has 0 radical (unpaired) electrons. The van der Waals surface area contributed by atoms with Crippen LogP contribution in [0, 0.1) is 0 Å². The van der Waals surface area contributed by atoms with Gasteiger partial charge in [-0.25, -0.2) is 0 Å². The Bertz CT molecular complexity index is 326. The molecule has 0 unspecified atom stereocenters. The lowest BCUT2D eigenvalue weighted by Crippen LogP contribution is -2.36. The van der Waals surface area contributed by atoms with Crippen molar-refractivity contribution >= 4 is 67.6 Å². The largest absolute Gasteiger partial charge is 0.564 e. The Morgan fingerprint density at radius 2 is 1.15 bits per heavy atom. The van der Waals surface area contributed by atoms with Crippen molar-refractivity contribution in [2.45, 2.75) is 53.6 Å². The molecule has 1 aliphatic heterocycles. The zero-order chi connectivity index (χ0) is 16.3. The number of halogens is 5. The predicted octanol–water partition coefficient (Wildman–Crippen LogP) is 6.92. The molecular formula is C12H24AlCl5NP. The van der Waals surface area contributed by atoms with Gasteiger partial charge in [0, 0.05) is 12.1 Å². The first kappa shape index (κ1) is 22.1. The summed E-state index contributed by atoms with van der Waals surface area (Å²) in [5.41, 5.74) is 3.04. The minimum atomic E-state index is -2.94. The number of hydrogen-bond acceptors (Lipinski definition) is 1. The van der Waals surface area contributed by atoms with Crippen molar-refractivity contribution in [3.63, 3.8) is 0 Å². The first-order valence-corrected chi connectivity index (χ1v) is 16.7. The van der Waals surface area contributed by atoms with Crippen LogP contribution in [0.25, 0.3) is 0 Å². The minimum absolute atomic E-state index is 0.550. The van der Waals surface area contributed by atoms with Gasteiger partial charge in [-0.05, 0) is 52.7 Å². The molecule has 0 bridgehead atoms. The first-order valence-electron chi connectivity index (χ1n) is 6.66. The molecule has 0 saturated carbocycles. The second-order valence-corrected chi connectivity index (χ2v) is 23.3. The molecule has 0 fully saturated rings. The van der Waals surface area contributed by atoms with Gasteiger partial charge in [0.15, 0.2) is 6.77 Å².